The largest absolute Gasteiger partial charge is 0.394 e. The molecule has 0 radical (unpaired) electrons. The van der Waals surface area contributed by atoms with Crippen molar-refractivity contribution in [3.8, 4) is 0 Å². The van der Waals surface area contributed by atoms with Gasteiger partial charge in [-0.3, -0.25) is 4.79 Å². The van der Waals surface area contributed by atoms with Gasteiger partial charge in [0.1, 0.15) is 5.69 Å². The number of hydrogen-bond donors (Lipinski definition) is 2. The molecule has 24 heavy (non-hydrogen) atoms. The van der Waals surface area contributed by atoms with E-state index in [0.29, 0.717) is 23.9 Å². The number of carbonyl (C=O) groups is 1. The highest BCUT2D eigenvalue weighted by atomic mass is 35.5. The van der Waals surface area contributed by atoms with Gasteiger partial charge in [-0.1, -0.05) is 31.9 Å². The monoisotopic (exact) mass is 352 g/mol. The van der Waals surface area contributed by atoms with Gasteiger partial charge < -0.3 is 19.7 Å². The summed E-state index contributed by atoms with van der Waals surface area (Å²) in [5, 5.41) is 14.0. The molecule has 5 nitrogen and oxygen atoms in total. The molecule has 0 spiro atoms. The zero-order chi connectivity index (χ0) is 17.7. The van der Waals surface area contributed by atoms with E-state index < -0.39 is 0 Å². The lowest BCUT2D eigenvalue weighted by Gasteiger charge is -2.22. The van der Waals surface area contributed by atoms with E-state index in [-0.39, 0.29) is 24.5 Å². The number of aromatic nitrogens is 1. The van der Waals surface area contributed by atoms with E-state index >= 15 is 0 Å². The van der Waals surface area contributed by atoms with Crippen LogP contribution in [0, 0.1) is 5.92 Å². The van der Waals surface area contributed by atoms with Crippen molar-refractivity contribution >= 4 is 28.4 Å². The predicted octanol–water partition coefficient (Wildman–Crippen LogP) is 3.08. The van der Waals surface area contributed by atoms with E-state index in [9.17, 15) is 9.90 Å². The van der Waals surface area contributed by atoms with Crippen LogP contribution in [-0.2, 0) is 11.3 Å². The lowest BCUT2D eigenvalue weighted by Crippen LogP contribution is -2.42. The minimum absolute atomic E-state index is 0.0785. The summed E-state index contributed by atoms with van der Waals surface area (Å²) in [6.07, 6.45) is 0.883. The van der Waals surface area contributed by atoms with Gasteiger partial charge in [0.2, 0.25) is 0 Å². The summed E-state index contributed by atoms with van der Waals surface area (Å²) in [7, 11) is 1.63. The SMILES string of the molecule is CCC(C)C(CO)NC(=O)c1cc2cc(Cl)ccc2n1CCOC. The molecule has 6 heteroatoms. The van der Waals surface area contributed by atoms with Gasteiger partial charge in [-0.05, 0) is 30.2 Å². The Hall–Kier alpha value is -1.56. The van der Waals surface area contributed by atoms with Crippen molar-refractivity contribution in [2.45, 2.75) is 32.9 Å². The Morgan fingerprint density at radius 3 is 2.79 bits per heavy atom. The molecular formula is C18H25ClN2O3. The summed E-state index contributed by atoms with van der Waals surface area (Å²) >= 11 is 6.06. The zero-order valence-electron chi connectivity index (χ0n) is 14.4. The third kappa shape index (κ3) is 4.09. The Labute approximate surface area is 147 Å². The summed E-state index contributed by atoms with van der Waals surface area (Å²) in [4.78, 5) is 12.8. The molecule has 0 bridgehead atoms. The summed E-state index contributed by atoms with van der Waals surface area (Å²) < 4.78 is 7.09. The van der Waals surface area contributed by atoms with Crippen molar-refractivity contribution in [1.29, 1.82) is 0 Å². The molecule has 2 aromatic rings. The first-order valence-electron chi connectivity index (χ1n) is 8.21. The molecule has 0 fully saturated rings. The maximum atomic E-state index is 12.8. The molecule has 1 aromatic heterocycles. The van der Waals surface area contributed by atoms with Gasteiger partial charge in [-0.2, -0.15) is 0 Å². The van der Waals surface area contributed by atoms with Crippen molar-refractivity contribution < 1.29 is 14.6 Å². The van der Waals surface area contributed by atoms with Crippen LogP contribution in [0.3, 0.4) is 0 Å². The van der Waals surface area contributed by atoms with E-state index in [1.807, 2.05) is 42.7 Å². The highest BCUT2D eigenvalue weighted by Crippen LogP contribution is 2.24. The van der Waals surface area contributed by atoms with Crippen LogP contribution in [-0.4, -0.2) is 41.9 Å². The van der Waals surface area contributed by atoms with Crippen LogP contribution < -0.4 is 5.32 Å². The van der Waals surface area contributed by atoms with Crippen LogP contribution in [0.2, 0.25) is 5.02 Å². The molecule has 0 saturated carbocycles. The number of methoxy groups -OCH3 is 1. The lowest BCUT2D eigenvalue weighted by atomic mass is 10.00. The van der Waals surface area contributed by atoms with E-state index in [4.69, 9.17) is 16.3 Å². The lowest BCUT2D eigenvalue weighted by molar-refractivity contribution is 0.0880. The average molecular weight is 353 g/mol. The fraction of sp³-hybridized carbons (Fsp3) is 0.500. The molecular weight excluding hydrogens is 328 g/mol. The van der Waals surface area contributed by atoms with Gasteiger partial charge in [-0.25, -0.2) is 0 Å². The summed E-state index contributed by atoms with van der Waals surface area (Å²) in [6, 6.07) is 7.12. The van der Waals surface area contributed by atoms with Gasteiger partial charge >= 0.3 is 0 Å². The van der Waals surface area contributed by atoms with Crippen molar-refractivity contribution in [2.75, 3.05) is 20.3 Å². The van der Waals surface area contributed by atoms with Gasteiger partial charge in [0.05, 0.1) is 19.3 Å². The minimum atomic E-state index is -0.264. The van der Waals surface area contributed by atoms with Crippen LogP contribution in [0.15, 0.2) is 24.3 Å². The standard InChI is InChI=1S/C18H25ClN2O3/c1-4-12(2)15(11-22)20-18(23)17-10-13-9-14(19)5-6-16(13)21(17)7-8-24-3/h5-6,9-10,12,15,22H,4,7-8,11H2,1-3H3,(H,20,23). The van der Waals surface area contributed by atoms with E-state index in [1.165, 1.54) is 0 Å². The molecule has 1 aromatic carbocycles. The molecule has 0 aliphatic heterocycles. The topological polar surface area (TPSA) is 63.5 Å². The number of aliphatic hydroxyl groups is 1. The number of aliphatic hydroxyl groups excluding tert-OH is 1. The van der Waals surface area contributed by atoms with Gasteiger partial charge in [0, 0.05) is 29.6 Å². The van der Waals surface area contributed by atoms with Gasteiger partial charge in [0.25, 0.3) is 5.91 Å². The molecule has 0 aliphatic rings. The molecule has 2 unspecified atom stereocenters. The molecule has 2 rings (SSSR count). The Morgan fingerprint density at radius 1 is 1.42 bits per heavy atom. The number of rotatable bonds is 8. The number of benzene rings is 1. The number of carbonyl (C=O) groups excluding carboxylic acids is 1. The van der Waals surface area contributed by atoms with Crippen molar-refractivity contribution in [3.63, 3.8) is 0 Å². The quantitative estimate of drug-likeness (QED) is 0.767. The summed E-state index contributed by atoms with van der Waals surface area (Å²) in [5.74, 6) is 0.00275. The summed E-state index contributed by atoms with van der Waals surface area (Å²) in [5.41, 5.74) is 1.48. The normalized spacial score (nSPS) is 13.9. The number of halogens is 1. The predicted molar refractivity (Wildman–Crippen MR) is 96.6 cm³/mol. The molecule has 2 N–H and O–H groups in total. The third-order valence-corrected chi connectivity index (χ3v) is 4.69. The highest BCUT2D eigenvalue weighted by molar-refractivity contribution is 6.31. The van der Waals surface area contributed by atoms with Crippen LogP contribution >= 0.6 is 11.6 Å². The maximum Gasteiger partial charge on any atom is 0.268 e. The molecule has 2 atom stereocenters. The Kier molecular flexibility index (Phi) is 6.66. The second-order valence-electron chi connectivity index (χ2n) is 6.03. The number of nitrogens with one attached hydrogen (secondary N) is 1. The zero-order valence-corrected chi connectivity index (χ0v) is 15.1. The fourth-order valence-corrected chi connectivity index (χ4v) is 2.93. The first kappa shape index (κ1) is 18.8. The molecule has 1 amide bonds. The maximum absolute atomic E-state index is 12.8. The van der Waals surface area contributed by atoms with Crippen molar-refractivity contribution in [2.24, 2.45) is 5.92 Å². The third-order valence-electron chi connectivity index (χ3n) is 4.46. The number of fused-ring (bicyclic) bond motifs is 1. The van der Waals surface area contributed by atoms with Crippen LogP contribution in [0.4, 0.5) is 0 Å². The molecule has 132 valence electrons. The van der Waals surface area contributed by atoms with Gasteiger partial charge in [0.15, 0.2) is 0 Å². The first-order chi connectivity index (χ1) is 11.5. The van der Waals surface area contributed by atoms with Gasteiger partial charge in [-0.15, -0.1) is 0 Å². The number of amides is 1. The molecule has 0 aliphatic carbocycles. The van der Waals surface area contributed by atoms with E-state index in [1.54, 1.807) is 7.11 Å². The first-order valence-corrected chi connectivity index (χ1v) is 8.59. The number of ether oxygens (including phenoxy) is 1. The number of nitrogens with zero attached hydrogens (tertiary/aromatic N) is 1. The highest BCUT2D eigenvalue weighted by Gasteiger charge is 2.21. The van der Waals surface area contributed by atoms with Crippen LogP contribution in [0.1, 0.15) is 30.8 Å². The second-order valence-corrected chi connectivity index (χ2v) is 6.46. The van der Waals surface area contributed by atoms with Crippen molar-refractivity contribution in [3.05, 3.63) is 35.0 Å². The summed E-state index contributed by atoms with van der Waals surface area (Å²) in [6.45, 7) is 5.04. The Morgan fingerprint density at radius 2 is 2.17 bits per heavy atom. The van der Waals surface area contributed by atoms with E-state index in [0.717, 1.165) is 17.3 Å². The second kappa shape index (κ2) is 8.51. The molecule has 0 saturated heterocycles. The van der Waals surface area contributed by atoms with Crippen LogP contribution in [0.5, 0.6) is 0 Å². The van der Waals surface area contributed by atoms with Crippen molar-refractivity contribution in [1.82, 2.24) is 9.88 Å². The Bertz CT molecular complexity index is 699. The smallest absolute Gasteiger partial charge is 0.268 e. The molecule has 1 heterocycles. The van der Waals surface area contributed by atoms with Crippen LogP contribution in [0.25, 0.3) is 10.9 Å². The average Bonchev–Trinajstić information content (AvgIpc) is 2.94. The Balaban J connectivity index is 2.36. The number of hydrogen-bond acceptors (Lipinski definition) is 3. The minimum Gasteiger partial charge on any atom is -0.394 e. The van der Waals surface area contributed by atoms with E-state index in [2.05, 4.69) is 5.32 Å². The fourth-order valence-electron chi connectivity index (χ4n) is 2.75.